The normalized spacial score (nSPS) is 11.7. The highest BCUT2D eigenvalue weighted by Gasteiger charge is 2.16. The third-order valence-electron chi connectivity index (χ3n) is 3.06. The van der Waals surface area contributed by atoms with Gasteiger partial charge in [-0.25, -0.2) is 18.1 Å². The first-order chi connectivity index (χ1) is 10.1. The smallest absolute Gasteiger partial charge is 0.264 e. The van der Waals surface area contributed by atoms with E-state index < -0.39 is 10.0 Å². The van der Waals surface area contributed by atoms with Crippen LogP contribution >= 0.6 is 0 Å². The van der Waals surface area contributed by atoms with E-state index in [0.717, 1.165) is 11.1 Å². The number of benzene rings is 2. The summed E-state index contributed by atoms with van der Waals surface area (Å²) in [5, 5.41) is 0. The zero-order valence-corrected chi connectivity index (χ0v) is 11.9. The molecular weight excluding hydrogens is 288 g/mol. The maximum absolute atomic E-state index is 12.3. The van der Waals surface area contributed by atoms with Crippen LogP contribution in [0.15, 0.2) is 53.4 Å². The van der Waals surface area contributed by atoms with E-state index in [1.807, 2.05) is 18.2 Å². The van der Waals surface area contributed by atoms with Crippen molar-refractivity contribution < 1.29 is 8.42 Å². The summed E-state index contributed by atoms with van der Waals surface area (Å²) in [5.74, 6) is 0.189. The molecule has 21 heavy (non-hydrogen) atoms. The Bertz CT molecular complexity index is 854. The fraction of sp³-hybridized carbons (Fsp3) is 0.0714. The summed E-state index contributed by atoms with van der Waals surface area (Å²) in [6.07, 6.45) is 0. The Morgan fingerprint density at radius 1 is 1.14 bits per heavy atom. The second kappa shape index (κ2) is 5.19. The SMILES string of the molecule is NCc1cccc(S(=O)(=O)Nc2nc3ccccc3[nH]2)c1. The number of aromatic amines is 1. The van der Waals surface area contributed by atoms with Crippen LogP contribution < -0.4 is 10.5 Å². The Balaban J connectivity index is 1.95. The lowest BCUT2D eigenvalue weighted by atomic mass is 10.2. The number of hydrogen-bond donors (Lipinski definition) is 3. The van der Waals surface area contributed by atoms with E-state index in [9.17, 15) is 8.42 Å². The molecule has 0 saturated carbocycles. The lowest BCUT2D eigenvalue weighted by Crippen LogP contribution is -2.14. The molecule has 4 N–H and O–H groups in total. The quantitative estimate of drug-likeness (QED) is 0.684. The average molecular weight is 302 g/mol. The summed E-state index contributed by atoms with van der Waals surface area (Å²) in [4.78, 5) is 7.28. The second-order valence-corrected chi connectivity index (χ2v) is 6.24. The second-order valence-electron chi connectivity index (χ2n) is 4.56. The highest BCUT2D eigenvalue weighted by atomic mass is 32.2. The van der Waals surface area contributed by atoms with E-state index in [1.165, 1.54) is 6.07 Å². The van der Waals surface area contributed by atoms with E-state index in [4.69, 9.17) is 5.73 Å². The molecule has 0 aliphatic rings. The van der Waals surface area contributed by atoms with Gasteiger partial charge in [0.1, 0.15) is 0 Å². The number of sulfonamides is 1. The van der Waals surface area contributed by atoms with Crippen LogP contribution in [0.2, 0.25) is 0 Å². The molecule has 0 fully saturated rings. The van der Waals surface area contributed by atoms with Crippen molar-refractivity contribution in [1.29, 1.82) is 0 Å². The van der Waals surface area contributed by atoms with Gasteiger partial charge in [-0.15, -0.1) is 0 Å². The first-order valence-corrected chi connectivity index (χ1v) is 7.83. The molecule has 0 aliphatic heterocycles. The molecule has 7 heteroatoms. The van der Waals surface area contributed by atoms with Crippen LogP contribution in [0.5, 0.6) is 0 Å². The van der Waals surface area contributed by atoms with Crippen LogP contribution in [0.25, 0.3) is 11.0 Å². The molecule has 0 unspecified atom stereocenters. The number of fused-ring (bicyclic) bond motifs is 1. The van der Waals surface area contributed by atoms with Gasteiger partial charge >= 0.3 is 0 Å². The van der Waals surface area contributed by atoms with Crippen molar-refractivity contribution >= 4 is 27.0 Å². The Labute approximate surface area is 122 Å². The van der Waals surface area contributed by atoms with Gasteiger partial charge in [0.25, 0.3) is 10.0 Å². The Morgan fingerprint density at radius 2 is 1.95 bits per heavy atom. The fourth-order valence-electron chi connectivity index (χ4n) is 2.03. The standard InChI is InChI=1S/C14H14N4O2S/c15-9-10-4-3-5-11(8-10)21(19,20)18-14-16-12-6-1-2-7-13(12)17-14/h1-8H,9,15H2,(H2,16,17,18). The monoisotopic (exact) mass is 302 g/mol. The highest BCUT2D eigenvalue weighted by Crippen LogP contribution is 2.18. The highest BCUT2D eigenvalue weighted by molar-refractivity contribution is 7.92. The third-order valence-corrected chi connectivity index (χ3v) is 4.40. The average Bonchev–Trinajstić information content (AvgIpc) is 2.88. The third kappa shape index (κ3) is 2.74. The van der Waals surface area contributed by atoms with E-state index in [2.05, 4.69) is 14.7 Å². The van der Waals surface area contributed by atoms with Crippen molar-refractivity contribution in [2.45, 2.75) is 11.4 Å². The molecule has 0 spiro atoms. The number of hydrogen-bond acceptors (Lipinski definition) is 4. The molecule has 0 aliphatic carbocycles. The minimum atomic E-state index is -3.69. The maximum atomic E-state index is 12.3. The van der Waals surface area contributed by atoms with Crippen molar-refractivity contribution in [3.63, 3.8) is 0 Å². The van der Waals surface area contributed by atoms with Gasteiger partial charge < -0.3 is 10.7 Å². The maximum Gasteiger partial charge on any atom is 0.264 e. The first-order valence-electron chi connectivity index (χ1n) is 6.35. The number of aromatic nitrogens is 2. The van der Waals surface area contributed by atoms with Gasteiger partial charge in [-0.1, -0.05) is 24.3 Å². The fourth-order valence-corrected chi connectivity index (χ4v) is 3.06. The van der Waals surface area contributed by atoms with Gasteiger partial charge in [0, 0.05) is 6.54 Å². The van der Waals surface area contributed by atoms with Crippen molar-refractivity contribution in [3.05, 3.63) is 54.1 Å². The largest absolute Gasteiger partial charge is 0.326 e. The minimum absolute atomic E-state index is 0.158. The molecular formula is C14H14N4O2S. The van der Waals surface area contributed by atoms with E-state index in [1.54, 1.807) is 24.3 Å². The van der Waals surface area contributed by atoms with Crippen LogP contribution in [0, 0.1) is 0 Å². The molecule has 108 valence electrons. The zero-order valence-electron chi connectivity index (χ0n) is 11.1. The Kier molecular flexibility index (Phi) is 3.36. The summed E-state index contributed by atoms with van der Waals surface area (Å²) < 4.78 is 27.1. The van der Waals surface area contributed by atoms with Crippen molar-refractivity contribution in [2.24, 2.45) is 5.73 Å². The Hall–Kier alpha value is -2.38. The number of anilines is 1. The number of rotatable bonds is 4. The Morgan fingerprint density at radius 3 is 2.71 bits per heavy atom. The lowest BCUT2D eigenvalue weighted by Gasteiger charge is -2.06. The van der Waals surface area contributed by atoms with Crippen molar-refractivity contribution in [1.82, 2.24) is 9.97 Å². The predicted octanol–water partition coefficient (Wildman–Crippen LogP) is 1.82. The van der Waals surface area contributed by atoms with Crippen LogP contribution in [0.4, 0.5) is 5.95 Å². The summed E-state index contributed by atoms with van der Waals surface area (Å²) in [6, 6.07) is 13.8. The van der Waals surface area contributed by atoms with Crippen LogP contribution in [-0.2, 0) is 16.6 Å². The van der Waals surface area contributed by atoms with Gasteiger partial charge in [-0.3, -0.25) is 0 Å². The summed E-state index contributed by atoms with van der Waals surface area (Å²) >= 11 is 0. The molecule has 6 nitrogen and oxygen atoms in total. The molecule has 2 aromatic carbocycles. The van der Waals surface area contributed by atoms with Gasteiger partial charge in [-0.2, -0.15) is 0 Å². The van der Waals surface area contributed by atoms with Gasteiger partial charge in [0.05, 0.1) is 15.9 Å². The molecule has 1 aromatic heterocycles. The number of nitrogens with two attached hydrogens (primary N) is 1. The molecule has 0 atom stereocenters. The predicted molar refractivity (Wildman–Crippen MR) is 81.2 cm³/mol. The summed E-state index contributed by atoms with van der Waals surface area (Å²) in [6.45, 7) is 0.286. The van der Waals surface area contributed by atoms with Crippen molar-refractivity contribution in [2.75, 3.05) is 4.72 Å². The minimum Gasteiger partial charge on any atom is -0.326 e. The first kappa shape index (κ1) is 13.6. The molecule has 0 amide bonds. The van der Waals surface area contributed by atoms with Gasteiger partial charge in [-0.05, 0) is 29.8 Å². The van der Waals surface area contributed by atoms with Crippen LogP contribution in [0.3, 0.4) is 0 Å². The zero-order chi connectivity index (χ0) is 14.9. The number of nitrogens with zero attached hydrogens (tertiary/aromatic N) is 1. The van der Waals surface area contributed by atoms with Crippen LogP contribution in [0.1, 0.15) is 5.56 Å². The van der Waals surface area contributed by atoms with Crippen molar-refractivity contribution in [3.8, 4) is 0 Å². The van der Waals surface area contributed by atoms with Gasteiger partial charge in [0.2, 0.25) is 5.95 Å². The number of H-pyrrole nitrogens is 1. The topological polar surface area (TPSA) is 101 Å². The molecule has 0 bridgehead atoms. The molecule has 0 saturated heterocycles. The number of nitrogens with one attached hydrogen (secondary N) is 2. The van der Waals surface area contributed by atoms with E-state index in [0.29, 0.717) is 5.52 Å². The molecule has 0 radical (unpaired) electrons. The molecule has 1 heterocycles. The van der Waals surface area contributed by atoms with Gasteiger partial charge in [0.15, 0.2) is 0 Å². The number of para-hydroxylation sites is 2. The lowest BCUT2D eigenvalue weighted by molar-refractivity contribution is 0.600. The summed E-state index contributed by atoms with van der Waals surface area (Å²) in [5.41, 5.74) is 7.75. The van der Waals surface area contributed by atoms with Crippen LogP contribution in [-0.4, -0.2) is 18.4 Å². The number of imidazole rings is 1. The molecule has 3 rings (SSSR count). The van der Waals surface area contributed by atoms with E-state index in [-0.39, 0.29) is 17.4 Å². The molecule has 3 aromatic rings. The summed E-state index contributed by atoms with van der Waals surface area (Å²) in [7, 11) is -3.69. The van der Waals surface area contributed by atoms with E-state index >= 15 is 0 Å².